The third kappa shape index (κ3) is 6.70. The van der Waals surface area contributed by atoms with Crippen molar-refractivity contribution in [2.45, 2.75) is 65.4 Å². The molecular formula is C19H27Cl2OSTi. The molecule has 2 aliphatic carbocycles. The van der Waals surface area contributed by atoms with E-state index in [1.165, 1.54) is 16.1 Å². The molecule has 0 heterocycles. The molecule has 1 atom stereocenters. The fourth-order valence-electron chi connectivity index (χ4n) is 2.83. The van der Waals surface area contributed by atoms with Crippen LogP contribution in [0, 0.1) is 11.5 Å². The molecule has 0 saturated heterocycles. The Hall–Kier alpha value is 0.564. The van der Waals surface area contributed by atoms with E-state index in [1.807, 2.05) is 11.8 Å². The maximum atomic E-state index is 6.48. The van der Waals surface area contributed by atoms with Crippen molar-refractivity contribution in [3.05, 3.63) is 46.4 Å². The van der Waals surface area contributed by atoms with Crippen molar-refractivity contribution in [3.63, 3.8) is 0 Å². The molecule has 0 aromatic heterocycles. The summed E-state index contributed by atoms with van der Waals surface area (Å²) in [4.78, 5) is 0.905. The zero-order valence-electron chi connectivity index (χ0n) is 15.4. The Labute approximate surface area is 179 Å². The molecule has 0 spiro atoms. The molecule has 0 aromatic rings. The predicted octanol–water partition coefficient (Wildman–Crippen LogP) is -0.184. The second-order valence-electron chi connectivity index (χ2n) is 7.13. The first-order valence-corrected chi connectivity index (χ1v) is 8.58. The summed E-state index contributed by atoms with van der Waals surface area (Å²) < 4.78 is 6.48. The number of rotatable bonds is 4. The van der Waals surface area contributed by atoms with Gasteiger partial charge in [0, 0.05) is 6.42 Å². The summed E-state index contributed by atoms with van der Waals surface area (Å²) in [6.45, 7) is 13.3. The van der Waals surface area contributed by atoms with Gasteiger partial charge in [-0.15, -0.1) is 18.2 Å². The summed E-state index contributed by atoms with van der Waals surface area (Å²) in [5, 5.41) is 0. The fourth-order valence-corrected chi connectivity index (χ4v) is 4.39. The Bertz CT molecular complexity index is 530. The van der Waals surface area contributed by atoms with Gasteiger partial charge in [0.1, 0.15) is 4.93 Å². The van der Waals surface area contributed by atoms with Crippen LogP contribution in [-0.4, -0.2) is 11.0 Å². The third-order valence-corrected chi connectivity index (χ3v) is 4.96. The normalized spacial score (nSPS) is 22.7. The summed E-state index contributed by atoms with van der Waals surface area (Å²) in [5.74, 6) is 0. The van der Waals surface area contributed by atoms with E-state index in [0.717, 1.165) is 12.8 Å². The van der Waals surface area contributed by atoms with Gasteiger partial charge in [-0.3, -0.25) is 6.08 Å². The van der Waals surface area contributed by atoms with Gasteiger partial charge in [-0.05, 0) is 31.8 Å². The summed E-state index contributed by atoms with van der Waals surface area (Å²) >= 11 is 1.82. The molecule has 0 amide bonds. The van der Waals surface area contributed by atoms with Crippen LogP contribution >= 0.6 is 11.8 Å². The van der Waals surface area contributed by atoms with Crippen LogP contribution in [0.1, 0.15) is 54.4 Å². The minimum atomic E-state index is -0.303. The Morgan fingerprint density at radius 1 is 1.25 bits per heavy atom. The number of halogens is 2. The van der Waals surface area contributed by atoms with Gasteiger partial charge in [0.25, 0.3) is 0 Å². The van der Waals surface area contributed by atoms with Gasteiger partial charge in [0.2, 0.25) is 0 Å². The largest absolute Gasteiger partial charge is 3.00 e. The second-order valence-corrected chi connectivity index (χ2v) is 8.43. The van der Waals surface area contributed by atoms with E-state index in [-0.39, 0.29) is 63.0 Å². The van der Waals surface area contributed by atoms with Crippen molar-refractivity contribution < 1.29 is 51.3 Å². The van der Waals surface area contributed by atoms with Crippen LogP contribution in [0.4, 0.5) is 0 Å². The number of allylic oxidation sites excluding steroid dienone is 5. The SMILES string of the molecule is CC1=CCC(OC(C)C)(SC2=[C-]CC=C2)C(C(C)(C)C)=C1.[Cl-].[Cl-].[Ti+3]. The van der Waals surface area contributed by atoms with E-state index in [2.05, 4.69) is 71.9 Å². The number of ether oxygens (including phenoxy) is 1. The molecule has 1 nitrogen and oxygen atoms in total. The molecule has 2 aliphatic rings. The van der Waals surface area contributed by atoms with Crippen LogP contribution in [0.2, 0.25) is 0 Å². The third-order valence-electron chi connectivity index (χ3n) is 3.65. The standard InChI is InChI=1S/C19H27OS.2ClH.Ti/c1-14(2)20-19(21-16-9-7-8-10-16)12-11-15(3)13-17(19)18(4,5)6;;;/h7,9,11,13-14H,8,12H2,1-6H3;2*1H;/q-1;;;+3/p-2. The van der Waals surface area contributed by atoms with Crippen LogP contribution in [-0.2, 0) is 26.5 Å². The van der Waals surface area contributed by atoms with Gasteiger partial charge in [0.05, 0.1) is 6.10 Å². The van der Waals surface area contributed by atoms with E-state index >= 15 is 0 Å². The predicted molar refractivity (Wildman–Crippen MR) is 93.0 cm³/mol. The smallest absolute Gasteiger partial charge is 1.00 e. The molecule has 1 unspecified atom stereocenters. The van der Waals surface area contributed by atoms with Crippen molar-refractivity contribution in [1.82, 2.24) is 0 Å². The van der Waals surface area contributed by atoms with E-state index in [4.69, 9.17) is 4.74 Å². The average Bonchev–Trinajstić information content (AvgIpc) is 2.83. The average molecular weight is 422 g/mol. The van der Waals surface area contributed by atoms with E-state index in [1.54, 1.807) is 0 Å². The topological polar surface area (TPSA) is 9.23 Å². The van der Waals surface area contributed by atoms with E-state index in [9.17, 15) is 0 Å². The van der Waals surface area contributed by atoms with Gasteiger partial charge in [-0.1, -0.05) is 38.5 Å². The summed E-state index contributed by atoms with van der Waals surface area (Å²) in [7, 11) is 0. The van der Waals surface area contributed by atoms with Crippen LogP contribution in [0.25, 0.3) is 0 Å². The van der Waals surface area contributed by atoms with Crippen LogP contribution < -0.4 is 24.8 Å². The van der Waals surface area contributed by atoms with Gasteiger partial charge >= 0.3 is 21.7 Å². The maximum absolute atomic E-state index is 6.48. The van der Waals surface area contributed by atoms with Gasteiger partial charge in [0.15, 0.2) is 0 Å². The Balaban J connectivity index is 0. The molecule has 0 aliphatic heterocycles. The Morgan fingerprint density at radius 2 is 1.88 bits per heavy atom. The molecular weight excluding hydrogens is 395 g/mol. The number of hydrogen-bond donors (Lipinski definition) is 0. The maximum Gasteiger partial charge on any atom is 3.00 e. The first-order chi connectivity index (χ1) is 9.73. The first-order valence-electron chi connectivity index (χ1n) is 7.76. The van der Waals surface area contributed by atoms with Crippen LogP contribution in [0.5, 0.6) is 0 Å². The molecule has 0 saturated carbocycles. The molecule has 133 valence electrons. The van der Waals surface area contributed by atoms with Gasteiger partial charge in [-0.25, -0.2) is 6.08 Å². The minimum Gasteiger partial charge on any atom is -1.00 e. The summed E-state index contributed by atoms with van der Waals surface area (Å²) in [6.07, 6.45) is 14.4. The molecule has 2 rings (SSSR count). The zero-order chi connectivity index (χ0) is 15.7. The van der Waals surface area contributed by atoms with Crippen LogP contribution in [0.15, 0.2) is 40.4 Å². The Morgan fingerprint density at radius 3 is 2.33 bits per heavy atom. The first kappa shape index (κ1) is 26.8. The van der Waals surface area contributed by atoms with Crippen LogP contribution in [0.3, 0.4) is 0 Å². The fraction of sp³-hybridized carbons (Fsp3) is 0.579. The Kier molecular flexibility index (Phi) is 11.9. The monoisotopic (exact) mass is 421 g/mol. The van der Waals surface area contributed by atoms with Crippen molar-refractivity contribution in [3.8, 4) is 0 Å². The molecule has 0 bridgehead atoms. The zero-order valence-corrected chi connectivity index (χ0v) is 19.3. The molecule has 0 N–H and O–H groups in total. The molecule has 5 heteroatoms. The van der Waals surface area contributed by atoms with Gasteiger partial charge in [-0.2, -0.15) is 11.0 Å². The van der Waals surface area contributed by atoms with Crippen molar-refractivity contribution in [2.75, 3.05) is 0 Å². The number of thioether (sulfide) groups is 1. The minimum absolute atomic E-state index is 0. The van der Waals surface area contributed by atoms with Crippen molar-refractivity contribution in [2.24, 2.45) is 5.41 Å². The summed E-state index contributed by atoms with van der Waals surface area (Å²) in [5.41, 5.74) is 2.80. The second kappa shape index (κ2) is 10.6. The molecule has 0 aromatic carbocycles. The van der Waals surface area contributed by atoms with E-state index in [0.29, 0.717) is 0 Å². The quantitative estimate of drug-likeness (QED) is 0.353. The molecule has 24 heavy (non-hydrogen) atoms. The van der Waals surface area contributed by atoms with Crippen molar-refractivity contribution in [1.29, 1.82) is 0 Å². The van der Waals surface area contributed by atoms with Crippen molar-refractivity contribution >= 4 is 11.8 Å². The van der Waals surface area contributed by atoms with Gasteiger partial charge < -0.3 is 29.6 Å². The molecule has 0 fully saturated rings. The number of hydrogen-bond acceptors (Lipinski definition) is 2. The van der Waals surface area contributed by atoms with E-state index < -0.39 is 0 Å². The molecule has 1 radical (unpaired) electrons. The summed E-state index contributed by atoms with van der Waals surface area (Å²) in [6, 6.07) is 0.